The molecule has 0 saturated carbocycles. The van der Waals surface area contributed by atoms with Crippen LogP contribution in [0.1, 0.15) is 22.6 Å². The van der Waals surface area contributed by atoms with E-state index in [0.717, 1.165) is 5.56 Å². The summed E-state index contributed by atoms with van der Waals surface area (Å²) < 4.78 is 0. The summed E-state index contributed by atoms with van der Waals surface area (Å²) in [4.78, 5) is 0. The first-order chi connectivity index (χ1) is 10.2. The molecule has 0 unspecified atom stereocenters. The van der Waals surface area contributed by atoms with Gasteiger partial charge in [-0.15, -0.1) is 0 Å². The van der Waals surface area contributed by atoms with Crippen LogP contribution in [0.3, 0.4) is 0 Å². The van der Waals surface area contributed by atoms with E-state index in [1.807, 2.05) is 24.3 Å². The SMILES string of the molecule is Oc1cc(O)cc(C2c3ccccc3-c3ccccc32)c1. The Morgan fingerprint density at radius 2 is 1.10 bits per heavy atom. The van der Waals surface area contributed by atoms with E-state index < -0.39 is 0 Å². The molecule has 0 fully saturated rings. The Morgan fingerprint density at radius 1 is 0.619 bits per heavy atom. The van der Waals surface area contributed by atoms with Crippen molar-refractivity contribution >= 4 is 0 Å². The van der Waals surface area contributed by atoms with Gasteiger partial charge in [0.25, 0.3) is 0 Å². The topological polar surface area (TPSA) is 40.5 Å². The van der Waals surface area contributed by atoms with Gasteiger partial charge in [0.05, 0.1) is 0 Å². The van der Waals surface area contributed by atoms with Crippen LogP contribution in [0.2, 0.25) is 0 Å². The van der Waals surface area contributed by atoms with Gasteiger partial charge in [-0.3, -0.25) is 0 Å². The molecule has 0 bridgehead atoms. The average molecular weight is 274 g/mol. The van der Waals surface area contributed by atoms with E-state index in [1.54, 1.807) is 12.1 Å². The van der Waals surface area contributed by atoms with Crippen LogP contribution in [-0.2, 0) is 0 Å². The number of hydrogen-bond acceptors (Lipinski definition) is 2. The Kier molecular flexibility index (Phi) is 2.51. The van der Waals surface area contributed by atoms with Gasteiger partial charge in [-0.25, -0.2) is 0 Å². The molecule has 2 heteroatoms. The lowest BCUT2D eigenvalue weighted by Gasteiger charge is -2.15. The Morgan fingerprint density at radius 3 is 1.62 bits per heavy atom. The van der Waals surface area contributed by atoms with Crippen molar-refractivity contribution in [3.8, 4) is 22.6 Å². The van der Waals surface area contributed by atoms with E-state index in [9.17, 15) is 10.2 Å². The number of rotatable bonds is 1. The third-order valence-electron chi connectivity index (χ3n) is 4.09. The molecule has 3 aromatic carbocycles. The summed E-state index contributed by atoms with van der Waals surface area (Å²) in [7, 11) is 0. The lowest BCUT2D eigenvalue weighted by atomic mass is 9.89. The second-order valence-electron chi connectivity index (χ2n) is 5.39. The first-order valence-electron chi connectivity index (χ1n) is 6.95. The van der Waals surface area contributed by atoms with Crippen LogP contribution in [0.4, 0.5) is 0 Å². The van der Waals surface area contributed by atoms with Gasteiger partial charge in [0, 0.05) is 12.0 Å². The minimum atomic E-state index is 0.0513. The Balaban J connectivity index is 2.00. The van der Waals surface area contributed by atoms with Crippen molar-refractivity contribution < 1.29 is 10.2 Å². The highest BCUT2D eigenvalue weighted by Gasteiger charge is 2.29. The van der Waals surface area contributed by atoms with Gasteiger partial charge in [-0.1, -0.05) is 48.5 Å². The minimum Gasteiger partial charge on any atom is -0.508 e. The zero-order valence-electron chi connectivity index (χ0n) is 11.3. The molecule has 2 nitrogen and oxygen atoms in total. The fraction of sp³-hybridized carbons (Fsp3) is 0.0526. The van der Waals surface area contributed by atoms with Crippen molar-refractivity contribution in [2.24, 2.45) is 0 Å². The third kappa shape index (κ3) is 1.80. The number of hydrogen-bond donors (Lipinski definition) is 2. The Bertz CT molecular complexity index is 771. The predicted octanol–water partition coefficient (Wildman–Crippen LogP) is 4.26. The smallest absolute Gasteiger partial charge is 0.119 e. The van der Waals surface area contributed by atoms with Gasteiger partial charge in [-0.05, 0) is 39.9 Å². The van der Waals surface area contributed by atoms with Crippen molar-refractivity contribution in [3.63, 3.8) is 0 Å². The zero-order valence-corrected chi connectivity index (χ0v) is 11.3. The maximum atomic E-state index is 9.79. The zero-order chi connectivity index (χ0) is 14.4. The van der Waals surface area contributed by atoms with Crippen LogP contribution in [0.5, 0.6) is 11.5 Å². The van der Waals surface area contributed by atoms with Gasteiger partial charge in [-0.2, -0.15) is 0 Å². The molecule has 0 amide bonds. The van der Waals surface area contributed by atoms with Gasteiger partial charge in [0.1, 0.15) is 11.5 Å². The minimum absolute atomic E-state index is 0.0513. The summed E-state index contributed by atoms with van der Waals surface area (Å²) in [6.07, 6.45) is 0. The van der Waals surface area contributed by atoms with Crippen LogP contribution in [0.15, 0.2) is 66.7 Å². The highest BCUT2D eigenvalue weighted by atomic mass is 16.3. The van der Waals surface area contributed by atoms with Gasteiger partial charge in [0.15, 0.2) is 0 Å². The molecule has 0 heterocycles. The van der Waals surface area contributed by atoms with Crippen molar-refractivity contribution in [2.75, 3.05) is 0 Å². The Hall–Kier alpha value is -2.74. The van der Waals surface area contributed by atoms with Crippen LogP contribution >= 0.6 is 0 Å². The maximum absolute atomic E-state index is 9.79. The molecule has 0 aromatic heterocycles. The summed E-state index contributed by atoms with van der Waals surface area (Å²) in [5.41, 5.74) is 5.78. The Labute approximate surface area is 122 Å². The molecule has 3 aromatic rings. The summed E-state index contributed by atoms with van der Waals surface area (Å²) in [6.45, 7) is 0. The number of fused-ring (bicyclic) bond motifs is 3. The van der Waals surface area contributed by atoms with Crippen LogP contribution < -0.4 is 0 Å². The van der Waals surface area contributed by atoms with Crippen LogP contribution in [-0.4, -0.2) is 10.2 Å². The highest BCUT2D eigenvalue weighted by molar-refractivity contribution is 5.80. The predicted molar refractivity (Wildman–Crippen MR) is 82.6 cm³/mol. The summed E-state index contributed by atoms with van der Waals surface area (Å²) in [6, 6.07) is 21.4. The van der Waals surface area contributed by atoms with E-state index in [2.05, 4.69) is 24.3 Å². The molecular weight excluding hydrogens is 260 g/mol. The van der Waals surface area contributed by atoms with E-state index in [-0.39, 0.29) is 17.4 Å². The van der Waals surface area contributed by atoms with Gasteiger partial charge >= 0.3 is 0 Å². The number of benzene rings is 3. The second-order valence-corrected chi connectivity index (χ2v) is 5.39. The number of phenols is 2. The molecular formula is C19H14O2. The summed E-state index contributed by atoms with van der Waals surface area (Å²) >= 11 is 0. The average Bonchev–Trinajstić information content (AvgIpc) is 2.81. The van der Waals surface area contributed by atoms with E-state index >= 15 is 0 Å². The van der Waals surface area contributed by atoms with E-state index in [4.69, 9.17) is 0 Å². The summed E-state index contributed by atoms with van der Waals surface area (Å²) in [5, 5.41) is 19.6. The van der Waals surface area contributed by atoms with Crippen LogP contribution in [0, 0.1) is 0 Å². The number of aromatic hydroxyl groups is 2. The normalized spacial score (nSPS) is 13.0. The quantitative estimate of drug-likeness (QED) is 0.544. The lowest BCUT2D eigenvalue weighted by molar-refractivity contribution is 0.449. The highest BCUT2D eigenvalue weighted by Crippen LogP contribution is 2.48. The summed E-state index contributed by atoms with van der Waals surface area (Å²) in [5.74, 6) is 0.231. The van der Waals surface area contributed by atoms with Crippen molar-refractivity contribution in [1.29, 1.82) is 0 Å². The first-order valence-corrected chi connectivity index (χ1v) is 6.95. The van der Waals surface area contributed by atoms with E-state index in [0.29, 0.717) is 0 Å². The molecule has 0 spiro atoms. The molecule has 1 aliphatic carbocycles. The number of phenolic OH excluding ortho intramolecular Hbond substituents is 2. The molecule has 4 rings (SSSR count). The van der Waals surface area contributed by atoms with Crippen molar-refractivity contribution in [2.45, 2.75) is 5.92 Å². The van der Waals surface area contributed by atoms with E-state index in [1.165, 1.54) is 28.3 Å². The molecule has 2 N–H and O–H groups in total. The van der Waals surface area contributed by atoms with Gasteiger partial charge < -0.3 is 10.2 Å². The molecule has 1 aliphatic rings. The van der Waals surface area contributed by atoms with Crippen molar-refractivity contribution in [1.82, 2.24) is 0 Å². The fourth-order valence-electron chi connectivity index (χ4n) is 3.30. The molecule has 0 atom stereocenters. The largest absolute Gasteiger partial charge is 0.508 e. The van der Waals surface area contributed by atoms with Crippen LogP contribution in [0.25, 0.3) is 11.1 Å². The first kappa shape index (κ1) is 12.0. The van der Waals surface area contributed by atoms with Crippen molar-refractivity contribution in [3.05, 3.63) is 83.4 Å². The molecule has 0 saturated heterocycles. The maximum Gasteiger partial charge on any atom is 0.119 e. The second kappa shape index (κ2) is 4.38. The lowest BCUT2D eigenvalue weighted by Crippen LogP contribution is -1.98. The molecule has 0 aliphatic heterocycles. The fourth-order valence-corrected chi connectivity index (χ4v) is 3.30. The molecule has 102 valence electrons. The van der Waals surface area contributed by atoms with Gasteiger partial charge in [0.2, 0.25) is 0 Å². The third-order valence-corrected chi connectivity index (χ3v) is 4.09. The molecule has 0 radical (unpaired) electrons. The standard InChI is InChI=1S/C19H14O2/c20-13-9-12(10-14(21)11-13)19-17-7-3-1-5-15(17)16-6-2-4-8-18(16)19/h1-11,19-21H. The monoisotopic (exact) mass is 274 g/mol. The molecule has 21 heavy (non-hydrogen) atoms.